The quantitative estimate of drug-likeness (QED) is 0.283. The summed E-state index contributed by atoms with van der Waals surface area (Å²) in [7, 11) is 0. The minimum absolute atomic E-state index is 0.0842. The van der Waals surface area contributed by atoms with E-state index in [1.807, 2.05) is 0 Å². The molecule has 0 aliphatic carbocycles. The number of hydrogen-bond acceptors (Lipinski definition) is 9. The Morgan fingerprint density at radius 2 is 1.86 bits per heavy atom. The lowest BCUT2D eigenvalue weighted by molar-refractivity contribution is -0.139. The smallest absolute Gasteiger partial charge is 0.342 e. The molecule has 0 aliphatic rings. The molecule has 4 rings (SSSR count). The van der Waals surface area contributed by atoms with Crippen molar-refractivity contribution in [1.82, 2.24) is 25.3 Å². The molecule has 0 aliphatic heterocycles. The van der Waals surface area contributed by atoms with Gasteiger partial charge in [0.15, 0.2) is 5.13 Å². The monoisotopic (exact) mass is 537 g/mol. The number of hydrogen-bond donors (Lipinski definition) is 3. The minimum Gasteiger partial charge on any atom is -0.342 e. The number of alkyl halides is 3. The number of benzene rings is 1. The van der Waals surface area contributed by atoms with Crippen LogP contribution in [0.2, 0.25) is 0 Å². The Morgan fingerprint density at radius 1 is 1.06 bits per heavy atom. The first-order valence-corrected chi connectivity index (χ1v) is 11.7. The molecule has 0 fully saturated rings. The number of carbonyl (C=O) groups excluding carboxylic acids is 2. The number of nitrogens with zero attached hydrogens (tertiary/aromatic N) is 4. The van der Waals surface area contributed by atoms with Gasteiger partial charge < -0.3 is 16.0 Å². The standard InChI is InChI=1S/C21H15F4N7O2S2/c1-10(30-17(33)14-7-16(29-9-28-14)32-20-26-4-5-35-20)19-27-8-15(36-19)18(34)31-11-2-3-13(22)12(6-11)21(23,24)25/h2-10H,1H3,(H,30,33)(H,31,34)(H,26,28,29,32). The highest BCUT2D eigenvalue weighted by Crippen LogP contribution is 2.33. The van der Waals surface area contributed by atoms with Crippen molar-refractivity contribution in [3.05, 3.63) is 75.3 Å². The Bertz CT molecular complexity index is 1390. The summed E-state index contributed by atoms with van der Waals surface area (Å²) in [5.41, 5.74) is -1.63. The maximum atomic E-state index is 13.5. The lowest BCUT2D eigenvalue weighted by Crippen LogP contribution is -2.27. The van der Waals surface area contributed by atoms with Gasteiger partial charge in [0.05, 0.1) is 17.8 Å². The fraction of sp³-hybridized carbons (Fsp3) is 0.143. The van der Waals surface area contributed by atoms with E-state index in [1.165, 1.54) is 29.9 Å². The first-order chi connectivity index (χ1) is 17.1. The molecule has 4 aromatic rings. The molecule has 3 heterocycles. The van der Waals surface area contributed by atoms with Crippen molar-refractivity contribution in [2.75, 3.05) is 10.6 Å². The molecule has 1 atom stereocenters. The van der Waals surface area contributed by atoms with Crippen LogP contribution in [0.4, 0.5) is 34.2 Å². The molecule has 9 nitrogen and oxygen atoms in total. The Hall–Kier alpha value is -3.98. The van der Waals surface area contributed by atoms with Crippen LogP contribution in [0.3, 0.4) is 0 Å². The van der Waals surface area contributed by atoms with Gasteiger partial charge in [-0.1, -0.05) is 0 Å². The fourth-order valence-electron chi connectivity index (χ4n) is 2.88. The summed E-state index contributed by atoms with van der Waals surface area (Å²) in [5.74, 6) is -2.31. The van der Waals surface area contributed by atoms with Crippen molar-refractivity contribution < 1.29 is 27.2 Å². The SMILES string of the molecule is CC(NC(=O)c1cc(Nc2nccs2)ncn1)c1ncc(C(=O)Nc2ccc(F)c(C(F)(F)F)c2)s1. The van der Waals surface area contributed by atoms with Gasteiger partial charge in [0.1, 0.15) is 33.5 Å². The van der Waals surface area contributed by atoms with Crippen molar-refractivity contribution >= 4 is 51.1 Å². The summed E-state index contributed by atoms with van der Waals surface area (Å²) < 4.78 is 52.2. The summed E-state index contributed by atoms with van der Waals surface area (Å²) in [4.78, 5) is 41.4. The third-order valence-corrected chi connectivity index (χ3v) is 6.43. The normalized spacial score (nSPS) is 12.1. The number of rotatable bonds is 7. The molecule has 0 saturated heterocycles. The predicted molar refractivity (Wildman–Crippen MR) is 125 cm³/mol. The molecule has 3 N–H and O–H groups in total. The molecule has 0 saturated carbocycles. The number of aromatic nitrogens is 4. The molecule has 15 heteroatoms. The topological polar surface area (TPSA) is 122 Å². The third-order valence-electron chi connectivity index (χ3n) is 4.56. The number of carbonyl (C=O) groups is 2. The number of halogens is 4. The van der Waals surface area contributed by atoms with Crippen molar-refractivity contribution in [3.63, 3.8) is 0 Å². The van der Waals surface area contributed by atoms with Gasteiger partial charge in [-0.25, -0.2) is 24.3 Å². The molecule has 3 aromatic heterocycles. The van der Waals surface area contributed by atoms with Crippen molar-refractivity contribution in [2.45, 2.75) is 19.1 Å². The average molecular weight is 538 g/mol. The van der Waals surface area contributed by atoms with Gasteiger partial charge >= 0.3 is 6.18 Å². The van der Waals surface area contributed by atoms with E-state index in [-0.39, 0.29) is 16.3 Å². The first-order valence-electron chi connectivity index (χ1n) is 10.0. The molecule has 0 bridgehead atoms. The zero-order valence-electron chi connectivity index (χ0n) is 18.1. The Kier molecular flexibility index (Phi) is 7.21. The van der Waals surface area contributed by atoms with Crippen LogP contribution in [0.25, 0.3) is 0 Å². The van der Waals surface area contributed by atoms with Crippen molar-refractivity contribution in [2.24, 2.45) is 0 Å². The van der Waals surface area contributed by atoms with Gasteiger partial charge in [0.25, 0.3) is 11.8 Å². The van der Waals surface area contributed by atoms with Crippen LogP contribution in [0.15, 0.2) is 48.4 Å². The molecule has 36 heavy (non-hydrogen) atoms. The van der Waals surface area contributed by atoms with Crippen molar-refractivity contribution in [1.29, 1.82) is 0 Å². The highest BCUT2D eigenvalue weighted by molar-refractivity contribution is 7.14. The van der Waals surface area contributed by atoms with Gasteiger partial charge in [-0.2, -0.15) is 13.2 Å². The van der Waals surface area contributed by atoms with Crippen LogP contribution < -0.4 is 16.0 Å². The molecule has 186 valence electrons. The Labute approximate surface area is 208 Å². The second-order valence-corrected chi connectivity index (χ2v) is 9.11. The Morgan fingerprint density at radius 3 is 2.58 bits per heavy atom. The van der Waals surface area contributed by atoms with E-state index in [4.69, 9.17) is 0 Å². The summed E-state index contributed by atoms with van der Waals surface area (Å²) in [6.07, 6.45) is -0.836. The average Bonchev–Trinajstić information content (AvgIpc) is 3.52. The summed E-state index contributed by atoms with van der Waals surface area (Å²) in [6, 6.07) is 2.99. The number of thiazole rings is 2. The number of anilines is 3. The minimum atomic E-state index is -4.91. The Balaban J connectivity index is 1.40. The lowest BCUT2D eigenvalue weighted by Gasteiger charge is -2.11. The van der Waals surface area contributed by atoms with Crippen LogP contribution in [0.5, 0.6) is 0 Å². The summed E-state index contributed by atoms with van der Waals surface area (Å²) >= 11 is 2.30. The molecular formula is C21H15F4N7O2S2. The maximum Gasteiger partial charge on any atom is 0.419 e. The first kappa shape index (κ1) is 25.1. The number of amides is 2. The van der Waals surface area contributed by atoms with E-state index in [0.29, 0.717) is 28.1 Å². The van der Waals surface area contributed by atoms with Crippen LogP contribution in [-0.2, 0) is 6.18 Å². The molecule has 0 radical (unpaired) electrons. The van der Waals surface area contributed by atoms with Gasteiger partial charge in [0, 0.05) is 23.3 Å². The molecular weight excluding hydrogens is 522 g/mol. The van der Waals surface area contributed by atoms with Gasteiger partial charge in [0.2, 0.25) is 0 Å². The van der Waals surface area contributed by atoms with Crippen LogP contribution in [0.1, 0.15) is 43.7 Å². The van der Waals surface area contributed by atoms with E-state index >= 15 is 0 Å². The van der Waals surface area contributed by atoms with Crippen LogP contribution >= 0.6 is 22.7 Å². The highest BCUT2D eigenvalue weighted by Gasteiger charge is 2.34. The van der Waals surface area contributed by atoms with Gasteiger partial charge in [-0.3, -0.25) is 9.59 Å². The van der Waals surface area contributed by atoms with Crippen LogP contribution in [0, 0.1) is 5.82 Å². The summed E-state index contributed by atoms with van der Waals surface area (Å²) in [6.45, 7) is 1.64. The zero-order valence-corrected chi connectivity index (χ0v) is 19.8. The fourth-order valence-corrected chi connectivity index (χ4v) is 4.23. The second kappa shape index (κ2) is 10.3. The van der Waals surface area contributed by atoms with Gasteiger partial charge in [-0.05, 0) is 25.1 Å². The molecule has 0 spiro atoms. The van der Waals surface area contributed by atoms with E-state index < -0.39 is 35.4 Å². The van der Waals surface area contributed by atoms with E-state index in [9.17, 15) is 27.2 Å². The van der Waals surface area contributed by atoms with E-state index in [0.717, 1.165) is 17.4 Å². The maximum absolute atomic E-state index is 13.5. The van der Waals surface area contributed by atoms with E-state index in [2.05, 4.69) is 35.9 Å². The predicted octanol–water partition coefficient (Wildman–Crippen LogP) is 5.03. The molecule has 1 unspecified atom stereocenters. The van der Waals surface area contributed by atoms with Crippen LogP contribution in [-0.4, -0.2) is 31.8 Å². The summed E-state index contributed by atoms with van der Waals surface area (Å²) in [5, 5.41) is 10.7. The molecule has 2 amide bonds. The molecule has 1 aromatic carbocycles. The number of nitrogens with one attached hydrogen (secondary N) is 3. The highest BCUT2D eigenvalue weighted by atomic mass is 32.1. The zero-order chi connectivity index (χ0) is 25.9. The third kappa shape index (κ3) is 5.98. The second-order valence-electron chi connectivity index (χ2n) is 7.16. The van der Waals surface area contributed by atoms with Gasteiger partial charge in [-0.15, -0.1) is 22.7 Å². The largest absolute Gasteiger partial charge is 0.419 e. The van der Waals surface area contributed by atoms with Crippen molar-refractivity contribution in [3.8, 4) is 0 Å². The van der Waals surface area contributed by atoms with E-state index in [1.54, 1.807) is 18.5 Å². The lowest BCUT2D eigenvalue weighted by atomic mass is 10.2.